The number of methoxy groups -OCH3 is 1. The van der Waals surface area contributed by atoms with Crippen LogP contribution in [0.3, 0.4) is 0 Å². The van der Waals surface area contributed by atoms with Crippen LogP contribution in [0.2, 0.25) is 5.02 Å². The Labute approximate surface area is 183 Å². The number of rotatable bonds is 7. The van der Waals surface area contributed by atoms with Crippen LogP contribution in [0.5, 0.6) is 11.6 Å². The monoisotopic (exact) mass is 443 g/mol. The minimum absolute atomic E-state index is 0.179. The average molecular weight is 444 g/mol. The summed E-state index contributed by atoms with van der Waals surface area (Å²) in [5.41, 5.74) is 0.700. The van der Waals surface area contributed by atoms with Gasteiger partial charge in [0, 0.05) is 16.9 Å². The van der Waals surface area contributed by atoms with Crippen molar-refractivity contribution in [3.05, 3.63) is 76.7 Å². The third-order valence-corrected chi connectivity index (χ3v) is 4.41. The number of benzene rings is 2. The van der Waals surface area contributed by atoms with Crippen molar-refractivity contribution in [1.82, 2.24) is 4.98 Å². The lowest BCUT2D eigenvalue weighted by Crippen LogP contribution is -2.16. The molecule has 3 rings (SSSR count). The maximum atomic E-state index is 14.1. The Hall–Kier alpha value is -3.65. The Morgan fingerprint density at radius 3 is 2.55 bits per heavy atom. The summed E-state index contributed by atoms with van der Waals surface area (Å²) in [5, 5.41) is 5.49. The van der Waals surface area contributed by atoms with Gasteiger partial charge in [0.1, 0.15) is 17.1 Å². The summed E-state index contributed by atoms with van der Waals surface area (Å²) in [7, 11) is 1.43. The van der Waals surface area contributed by atoms with Gasteiger partial charge in [-0.25, -0.2) is 9.37 Å². The number of carbonyl (C=O) groups is 2. The van der Waals surface area contributed by atoms with Gasteiger partial charge in [0.05, 0.1) is 25.0 Å². The number of ether oxygens (including phenoxy) is 2. The van der Waals surface area contributed by atoms with Crippen LogP contribution in [0.25, 0.3) is 0 Å². The van der Waals surface area contributed by atoms with Crippen LogP contribution in [0.15, 0.2) is 54.7 Å². The van der Waals surface area contributed by atoms with Gasteiger partial charge in [-0.15, -0.1) is 0 Å². The molecule has 2 aromatic carbocycles. The van der Waals surface area contributed by atoms with Crippen LogP contribution in [-0.4, -0.2) is 30.5 Å². The van der Waals surface area contributed by atoms with Crippen molar-refractivity contribution < 1.29 is 23.5 Å². The van der Waals surface area contributed by atoms with Crippen molar-refractivity contribution in [2.24, 2.45) is 0 Å². The molecule has 0 spiro atoms. The lowest BCUT2D eigenvalue weighted by molar-refractivity contribution is 0.101. The topological polar surface area (TPSA) is 89.6 Å². The molecule has 2 amide bonds. The zero-order chi connectivity index (χ0) is 22.4. The van der Waals surface area contributed by atoms with E-state index in [4.69, 9.17) is 21.1 Å². The van der Waals surface area contributed by atoms with Crippen molar-refractivity contribution in [2.45, 2.75) is 6.92 Å². The minimum Gasteiger partial charge on any atom is -0.495 e. The Morgan fingerprint density at radius 2 is 1.84 bits per heavy atom. The van der Waals surface area contributed by atoms with Gasteiger partial charge in [-0.2, -0.15) is 0 Å². The molecule has 1 aromatic heterocycles. The van der Waals surface area contributed by atoms with Gasteiger partial charge in [0.15, 0.2) is 0 Å². The van der Waals surface area contributed by atoms with Crippen molar-refractivity contribution in [3.8, 4) is 11.6 Å². The van der Waals surface area contributed by atoms with Gasteiger partial charge in [-0.05, 0) is 55.5 Å². The van der Waals surface area contributed by atoms with Gasteiger partial charge < -0.3 is 20.1 Å². The van der Waals surface area contributed by atoms with Crippen molar-refractivity contribution in [3.63, 3.8) is 0 Å². The zero-order valence-electron chi connectivity index (χ0n) is 16.7. The van der Waals surface area contributed by atoms with Gasteiger partial charge >= 0.3 is 0 Å². The van der Waals surface area contributed by atoms with Crippen LogP contribution >= 0.6 is 11.6 Å². The standard InChI is InChI=1S/C22H19ClFN3O4/c1-3-31-22-16(5-4-10-25-22)21(29)26-14-7-9-19(30-2)18(12-14)27-20(28)15-8-6-13(23)11-17(15)24/h4-12H,3H2,1-2H3,(H,26,29)(H,27,28). The number of anilines is 2. The molecule has 0 aliphatic rings. The highest BCUT2D eigenvalue weighted by atomic mass is 35.5. The third-order valence-electron chi connectivity index (χ3n) is 4.18. The predicted octanol–water partition coefficient (Wildman–Crippen LogP) is 4.79. The largest absolute Gasteiger partial charge is 0.495 e. The van der Waals surface area contributed by atoms with Gasteiger partial charge in [-0.3, -0.25) is 9.59 Å². The molecule has 0 saturated heterocycles. The number of pyridine rings is 1. The number of amides is 2. The van der Waals surface area contributed by atoms with E-state index in [1.54, 1.807) is 31.2 Å². The lowest BCUT2D eigenvalue weighted by Gasteiger charge is -2.14. The van der Waals surface area contributed by atoms with Crippen LogP contribution in [-0.2, 0) is 0 Å². The number of nitrogens with zero attached hydrogens (tertiary/aromatic N) is 1. The number of nitrogens with one attached hydrogen (secondary N) is 2. The molecule has 3 aromatic rings. The summed E-state index contributed by atoms with van der Waals surface area (Å²) in [4.78, 5) is 29.3. The maximum Gasteiger partial charge on any atom is 0.261 e. The fraction of sp³-hybridized carbons (Fsp3) is 0.136. The highest BCUT2D eigenvalue weighted by Crippen LogP contribution is 2.29. The second kappa shape index (κ2) is 9.90. The molecule has 2 N–H and O–H groups in total. The van der Waals surface area contributed by atoms with E-state index in [2.05, 4.69) is 15.6 Å². The summed E-state index contributed by atoms with van der Waals surface area (Å²) in [6, 6.07) is 11.6. The van der Waals surface area contributed by atoms with Crippen LogP contribution < -0.4 is 20.1 Å². The van der Waals surface area contributed by atoms with Crippen LogP contribution in [0, 0.1) is 5.82 Å². The lowest BCUT2D eigenvalue weighted by atomic mass is 10.1. The van der Waals surface area contributed by atoms with E-state index in [0.717, 1.165) is 6.07 Å². The van der Waals surface area contributed by atoms with E-state index in [-0.39, 0.29) is 27.7 Å². The molecule has 0 aliphatic heterocycles. The quantitative estimate of drug-likeness (QED) is 0.548. The molecule has 31 heavy (non-hydrogen) atoms. The molecular formula is C22H19ClFN3O4. The average Bonchev–Trinajstić information content (AvgIpc) is 2.74. The van der Waals surface area contributed by atoms with Gasteiger partial charge in [-0.1, -0.05) is 11.6 Å². The first-order valence-corrected chi connectivity index (χ1v) is 9.64. The summed E-state index contributed by atoms with van der Waals surface area (Å²) in [6.07, 6.45) is 1.53. The number of halogens is 2. The van der Waals surface area contributed by atoms with E-state index in [0.29, 0.717) is 18.0 Å². The summed E-state index contributed by atoms with van der Waals surface area (Å²) >= 11 is 5.73. The second-order valence-corrected chi connectivity index (χ2v) is 6.67. The Balaban J connectivity index is 1.84. The normalized spacial score (nSPS) is 10.3. The fourth-order valence-electron chi connectivity index (χ4n) is 2.76. The molecule has 1 heterocycles. The Bertz CT molecular complexity index is 1120. The molecule has 7 nitrogen and oxygen atoms in total. The first-order chi connectivity index (χ1) is 14.9. The first-order valence-electron chi connectivity index (χ1n) is 9.26. The second-order valence-electron chi connectivity index (χ2n) is 6.24. The highest BCUT2D eigenvalue weighted by molar-refractivity contribution is 6.30. The molecule has 0 aliphatic carbocycles. The fourth-order valence-corrected chi connectivity index (χ4v) is 2.92. The Kier molecular flexibility index (Phi) is 7.04. The van der Waals surface area contributed by atoms with Crippen molar-refractivity contribution in [2.75, 3.05) is 24.4 Å². The molecule has 9 heteroatoms. The molecule has 160 valence electrons. The molecule has 0 fully saturated rings. The number of hydrogen-bond acceptors (Lipinski definition) is 5. The van der Waals surface area contributed by atoms with Crippen LogP contribution in [0.4, 0.5) is 15.8 Å². The third kappa shape index (κ3) is 5.29. The predicted molar refractivity (Wildman–Crippen MR) is 116 cm³/mol. The first kappa shape index (κ1) is 22.0. The van der Waals surface area contributed by atoms with Crippen LogP contribution in [0.1, 0.15) is 27.6 Å². The van der Waals surface area contributed by atoms with Gasteiger partial charge in [0.2, 0.25) is 5.88 Å². The SMILES string of the molecule is CCOc1ncccc1C(=O)Nc1ccc(OC)c(NC(=O)c2ccc(Cl)cc2F)c1. The summed E-state index contributed by atoms with van der Waals surface area (Å²) in [6.45, 7) is 2.15. The smallest absolute Gasteiger partial charge is 0.261 e. The molecule has 0 bridgehead atoms. The summed E-state index contributed by atoms with van der Waals surface area (Å²) in [5.74, 6) is -1.35. The molecule has 0 unspecified atom stereocenters. The highest BCUT2D eigenvalue weighted by Gasteiger charge is 2.17. The molecular weight excluding hydrogens is 425 g/mol. The van der Waals surface area contributed by atoms with E-state index >= 15 is 0 Å². The summed E-state index contributed by atoms with van der Waals surface area (Å²) < 4.78 is 24.7. The van der Waals surface area contributed by atoms with E-state index < -0.39 is 17.6 Å². The number of carbonyl (C=O) groups excluding carboxylic acids is 2. The molecule has 0 radical (unpaired) electrons. The number of hydrogen-bond donors (Lipinski definition) is 2. The van der Waals surface area contributed by atoms with Crippen molar-refractivity contribution in [1.29, 1.82) is 0 Å². The van der Waals surface area contributed by atoms with E-state index in [9.17, 15) is 14.0 Å². The van der Waals surface area contributed by atoms with Gasteiger partial charge in [0.25, 0.3) is 11.8 Å². The minimum atomic E-state index is -0.756. The molecule has 0 atom stereocenters. The number of aromatic nitrogens is 1. The van der Waals surface area contributed by atoms with Crippen molar-refractivity contribution >= 4 is 34.8 Å². The maximum absolute atomic E-state index is 14.1. The van der Waals surface area contributed by atoms with E-state index in [1.807, 2.05) is 0 Å². The molecule has 0 saturated carbocycles. The zero-order valence-corrected chi connectivity index (χ0v) is 17.5. The van der Waals surface area contributed by atoms with E-state index in [1.165, 1.54) is 31.5 Å². The Morgan fingerprint density at radius 1 is 1.06 bits per heavy atom.